The quantitative estimate of drug-likeness (QED) is 0.524. The Kier molecular flexibility index (Phi) is 4.40. The number of anilines is 1. The maximum Gasteiger partial charge on any atom is 0.248 e. The summed E-state index contributed by atoms with van der Waals surface area (Å²) in [6.45, 7) is 2.17. The Balaban J connectivity index is 1.35. The molecule has 7 heteroatoms. The maximum atomic E-state index is 12.5. The molecule has 0 bridgehead atoms. The summed E-state index contributed by atoms with van der Waals surface area (Å²) in [5, 5.41) is 2.94. The Hall–Kier alpha value is -4.13. The molecule has 0 fully saturated rings. The lowest BCUT2D eigenvalue weighted by Gasteiger charge is -2.08. The number of ether oxygens (including phenoxy) is 2. The second kappa shape index (κ2) is 7.36. The number of nitrogens with zero attached hydrogens (tertiary/aromatic N) is 3. The molecule has 0 aliphatic carbocycles. The van der Waals surface area contributed by atoms with Gasteiger partial charge in [0, 0.05) is 35.9 Å². The van der Waals surface area contributed by atoms with Gasteiger partial charge in [0.2, 0.25) is 18.5 Å². The van der Waals surface area contributed by atoms with Gasteiger partial charge in [0.25, 0.3) is 0 Å². The lowest BCUT2D eigenvalue weighted by molar-refractivity contribution is -0.111. The number of rotatable bonds is 4. The van der Waals surface area contributed by atoms with Gasteiger partial charge < -0.3 is 14.8 Å². The Morgan fingerprint density at radius 3 is 2.97 bits per heavy atom. The monoisotopic (exact) mass is 398 g/mol. The Morgan fingerprint density at radius 2 is 2.07 bits per heavy atom. The third kappa shape index (κ3) is 3.48. The lowest BCUT2D eigenvalue weighted by Crippen LogP contribution is -2.09. The van der Waals surface area contributed by atoms with Crippen LogP contribution in [0.5, 0.6) is 11.5 Å². The van der Waals surface area contributed by atoms with Crippen molar-refractivity contribution in [3.63, 3.8) is 0 Å². The highest BCUT2D eigenvalue weighted by molar-refractivity contribution is 6.02. The molecule has 0 spiro atoms. The molecule has 0 radical (unpaired) electrons. The maximum absolute atomic E-state index is 12.5. The van der Waals surface area contributed by atoms with Gasteiger partial charge in [-0.05, 0) is 48.4 Å². The average Bonchev–Trinajstić information content (AvgIpc) is 3.40. The van der Waals surface area contributed by atoms with Crippen molar-refractivity contribution in [2.24, 2.45) is 0 Å². The SMILES string of the molecule is Cc1ccc(-c2cn3cccnc3n2)cc1NC(=O)/C=C/c1ccc2c(c1)OCO2. The van der Waals surface area contributed by atoms with E-state index < -0.39 is 0 Å². The van der Waals surface area contributed by atoms with E-state index in [2.05, 4.69) is 15.3 Å². The number of hydrogen-bond acceptors (Lipinski definition) is 5. The normalized spacial score (nSPS) is 12.6. The molecule has 3 heterocycles. The highest BCUT2D eigenvalue weighted by Gasteiger charge is 2.12. The number of aromatic nitrogens is 3. The van der Waals surface area contributed by atoms with Crippen LogP contribution >= 0.6 is 0 Å². The van der Waals surface area contributed by atoms with Crippen molar-refractivity contribution in [3.05, 3.63) is 78.3 Å². The largest absolute Gasteiger partial charge is 0.454 e. The fourth-order valence-corrected chi connectivity index (χ4v) is 3.25. The van der Waals surface area contributed by atoms with E-state index in [-0.39, 0.29) is 12.7 Å². The van der Waals surface area contributed by atoms with Crippen LogP contribution in [-0.4, -0.2) is 27.1 Å². The highest BCUT2D eigenvalue weighted by Crippen LogP contribution is 2.32. The first-order valence-electron chi connectivity index (χ1n) is 9.45. The molecule has 1 N–H and O–H groups in total. The molecule has 2 aromatic heterocycles. The Labute approximate surface area is 172 Å². The number of aryl methyl sites for hydroxylation is 1. The van der Waals surface area contributed by atoms with Crippen molar-refractivity contribution in [2.75, 3.05) is 12.1 Å². The van der Waals surface area contributed by atoms with Gasteiger partial charge in [0.15, 0.2) is 11.5 Å². The topological polar surface area (TPSA) is 77.8 Å². The average molecular weight is 398 g/mol. The molecule has 4 aromatic rings. The first-order chi connectivity index (χ1) is 14.7. The van der Waals surface area contributed by atoms with E-state index in [9.17, 15) is 4.79 Å². The van der Waals surface area contributed by atoms with Crippen LogP contribution in [-0.2, 0) is 4.79 Å². The zero-order valence-corrected chi connectivity index (χ0v) is 16.2. The van der Waals surface area contributed by atoms with Crippen LogP contribution in [0.15, 0.2) is 67.1 Å². The summed E-state index contributed by atoms with van der Waals surface area (Å²) in [7, 11) is 0. The predicted octanol–water partition coefficient (Wildman–Crippen LogP) is 4.09. The zero-order chi connectivity index (χ0) is 20.5. The van der Waals surface area contributed by atoms with Gasteiger partial charge in [-0.25, -0.2) is 9.97 Å². The molecule has 0 saturated heterocycles. The molecule has 1 amide bonds. The van der Waals surface area contributed by atoms with Crippen LogP contribution in [0.2, 0.25) is 0 Å². The molecular formula is C23H18N4O3. The number of benzene rings is 2. The molecule has 148 valence electrons. The van der Waals surface area contributed by atoms with Gasteiger partial charge >= 0.3 is 0 Å². The molecule has 0 atom stereocenters. The van der Waals surface area contributed by atoms with Crippen LogP contribution in [0.3, 0.4) is 0 Å². The summed E-state index contributed by atoms with van der Waals surface area (Å²) in [5.41, 5.74) is 4.25. The summed E-state index contributed by atoms with van der Waals surface area (Å²) < 4.78 is 12.5. The van der Waals surface area contributed by atoms with Crippen LogP contribution in [0.25, 0.3) is 23.1 Å². The van der Waals surface area contributed by atoms with E-state index in [4.69, 9.17) is 9.47 Å². The predicted molar refractivity (Wildman–Crippen MR) is 113 cm³/mol. The second-order valence-electron chi connectivity index (χ2n) is 6.92. The van der Waals surface area contributed by atoms with Gasteiger partial charge in [0.05, 0.1) is 5.69 Å². The number of amides is 1. The van der Waals surface area contributed by atoms with Gasteiger partial charge in [-0.3, -0.25) is 9.20 Å². The van der Waals surface area contributed by atoms with E-state index in [0.717, 1.165) is 28.1 Å². The minimum atomic E-state index is -0.218. The Bertz CT molecular complexity index is 1260. The van der Waals surface area contributed by atoms with Crippen LogP contribution in [0.4, 0.5) is 5.69 Å². The summed E-state index contributed by atoms with van der Waals surface area (Å²) >= 11 is 0. The van der Waals surface area contributed by atoms with Crippen molar-refractivity contribution in [2.45, 2.75) is 6.92 Å². The minimum absolute atomic E-state index is 0.218. The van der Waals surface area contributed by atoms with Crippen molar-refractivity contribution in [1.82, 2.24) is 14.4 Å². The van der Waals surface area contributed by atoms with Crippen molar-refractivity contribution < 1.29 is 14.3 Å². The number of imidazole rings is 1. The fourth-order valence-electron chi connectivity index (χ4n) is 3.25. The van der Waals surface area contributed by atoms with E-state index in [1.807, 2.05) is 66.2 Å². The van der Waals surface area contributed by atoms with Crippen molar-refractivity contribution in [3.8, 4) is 22.8 Å². The third-order valence-corrected chi connectivity index (χ3v) is 4.85. The number of fused-ring (bicyclic) bond motifs is 2. The summed E-state index contributed by atoms with van der Waals surface area (Å²) in [6, 6.07) is 13.3. The minimum Gasteiger partial charge on any atom is -0.454 e. The summed E-state index contributed by atoms with van der Waals surface area (Å²) in [4.78, 5) is 21.3. The first-order valence-corrected chi connectivity index (χ1v) is 9.45. The number of carbonyl (C=O) groups is 1. The van der Waals surface area contributed by atoms with Crippen LogP contribution in [0.1, 0.15) is 11.1 Å². The zero-order valence-electron chi connectivity index (χ0n) is 16.2. The second-order valence-corrected chi connectivity index (χ2v) is 6.92. The van der Waals surface area contributed by atoms with Gasteiger partial charge in [-0.1, -0.05) is 18.2 Å². The first kappa shape index (κ1) is 17.9. The molecule has 30 heavy (non-hydrogen) atoms. The number of nitrogens with one attached hydrogen (secondary N) is 1. The number of hydrogen-bond donors (Lipinski definition) is 1. The molecule has 7 nitrogen and oxygen atoms in total. The van der Waals surface area contributed by atoms with E-state index in [1.165, 1.54) is 6.08 Å². The fraction of sp³-hybridized carbons (Fsp3) is 0.0870. The molecular weight excluding hydrogens is 380 g/mol. The molecule has 0 unspecified atom stereocenters. The van der Waals surface area contributed by atoms with Gasteiger partial charge in [-0.15, -0.1) is 0 Å². The number of carbonyl (C=O) groups excluding carboxylic acids is 1. The van der Waals surface area contributed by atoms with E-state index in [1.54, 1.807) is 12.3 Å². The van der Waals surface area contributed by atoms with E-state index in [0.29, 0.717) is 17.3 Å². The summed E-state index contributed by atoms with van der Waals surface area (Å²) in [5.74, 6) is 1.81. The molecule has 5 rings (SSSR count). The third-order valence-electron chi connectivity index (χ3n) is 4.85. The van der Waals surface area contributed by atoms with Gasteiger partial charge in [-0.2, -0.15) is 0 Å². The summed E-state index contributed by atoms with van der Waals surface area (Å²) in [6.07, 6.45) is 8.76. The molecule has 2 aromatic carbocycles. The molecule has 1 aliphatic heterocycles. The Morgan fingerprint density at radius 1 is 1.17 bits per heavy atom. The smallest absolute Gasteiger partial charge is 0.248 e. The van der Waals surface area contributed by atoms with E-state index >= 15 is 0 Å². The van der Waals surface area contributed by atoms with Crippen molar-refractivity contribution in [1.29, 1.82) is 0 Å². The highest BCUT2D eigenvalue weighted by atomic mass is 16.7. The van der Waals surface area contributed by atoms with Crippen LogP contribution in [0, 0.1) is 6.92 Å². The molecule has 0 saturated carbocycles. The van der Waals surface area contributed by atoms with Gasteiger partial charge in [0.1, 0.15) is 0 Å². The lowest BCUT2D eigenvalue weighted by atomic mass is 10.1. The van der Waals surface area contributed by atoms with Crippen molar-refractivity contribution >= 4 is 23.4 Å². The van der Waals surface area contributed by atoms with Crippen LogP contribution < -0.4 is 14.8 Å². The standard InChI is InChI=1S/C23H18N4O3/c1-15-3-6-17(19-13-27-10-2-9-24-23(27)26-19)12-18(15)25-22(28)8-5-16-4-7-20-21(11-16)30-14-29-20/h2-13H,14H2,1H3,(H,25,28)/b8-5+. The molecule has 1 aliphatic rings.